The summed E-state index contributed by atoms with van der Waals surface area (Å²) in [6.07, 6.45) is 0.0281. The van der Waals surface area contributed by atoms with Crippen molar-refractivity contribution in [3.8, 4) is 11.3 Å². The average Bonchev–Trinajstić information content (AvgIpc) is 2.81. The number of aryl methyl sites for hydroxylation is 1. The molecule has 0 saturated carbocycles. The van der Waals surface area contributed by atoms with Crippen LogP contribution in [0.3, 0.4) is 0 Å². The first-order chi connectivity index (χ1) is 8.11. The molecule has 2 aromatic rings. The van der Waals surface area contributed by atoms with Crippen molar-refractivity contribution in [1.29, 1.82) is 0 Å². The Labute approximate surface area is 99.7 Å². The molecule has 1 unspecified atom stereocenters. The Hall–Kier alpha value is -1.61. The van der Waals surface area contributed by atoms with Gasteiger partial charge in [0.2, 0.25) is 0 Å². The molecule has 2 rings (SSSR count). The molecule has 3 heteroatoms. The van der Waals surface area contributed by atoms with Gasteiger partial charge in [-0.1, -0.05) is 6.92 Å². The first-order valence-corrected chi connectivity index (χ1v) is 5.66. The minimum atomic E-state index is -0.578. The summed E-state index contributed by atoms with van der Waals surface area (Å²) in [6, 6.07) is 8.37. The van der Waals surface area contributed by atoms with E-state index in [9.17, 15) is 9.50 Å². The van der Waals surface area contributed by atoms with Crippen LogP contribution >= 0.6 is 0 Å². The van der Waals surface area contributed by atoms with Crippen LogP contribution in [0, 0.1) is 12.7 Å². The van der Waals surface area contributed by atoms with Crippen LogP contribution < -0.4 is 0 Å². The van der Waals surface area contributed by atoms with E-state index < -0.39 is 6.10 Å². The number of halogens is 1. The summed E-state index contributed by atoms with van der Waals surface area (Å²) in [4.78, 5) is 0. The average molecular weight is 234 g/mol. The Morgan fingerprint density at radius 1 is 1.29 bits per heavy atom. The molecule has 0 aliphatic carbocycles. The van der Waals surface area contributed by atoms with E-state index in [4.69, 9.17) is 4.42 Å². The lowest BCUT2D eigenvalue weighted by Crippen LogP contribution is -1.91. The number of benzene rings is 1. The molecule has 0 spiro atoms. The zero-order valence-electron chi connectivity index (χ0n) is 9.90. The summed E-state index contributed by atoms with van der Waals surface area (Å²) in [5.41, 5.74) is 1.40. The smallest absolute Gasteiger partial charge is 0.134 e. The maximum atomic E-state index is 13.1. The number of hydrogen-bond acceptors (Lipinski definition) is 2. The highest BCUT2D eigenvalue weighted by Crippen LogP contribution is 2.27. The van der Waals surface area contributed by atoms with E-state index in [-0.39, 0.29) is 5.82 Å². The SMILES string of the molecule is CCC(O)c1ccc(-c2ccc(F)c(C)c2)o1. The van der Waals surface area contributed by atoms with E-state index in [0.29, 0.717) is 23.5 Å². The van der Waals surface area contributed by atoms with Crippen LogP contribution in [0.25, 0.3) is 11.3 Å². The highest BCUT2D eigenvalue weighted by Gasteiger charge is 2.11. The third-order valence-electron chi connectivity index (χ3n) is 2.78. The second kappa shape index (κ2) is 4.72. The van der Waals surface area contributed by atoms with Crippen molar-refractivity contribution in [3.05, 3.63) is 47.5 Å². The molecule has 1 heterocycles. The molecule has 0 amide bonds. The van der Waals surface area contributed by atoms with Gasteiger partial charge >= 0.3 is 0 Å². The highest BCUT2D eigenvalue weighted by atomic mass is 19.1. The van der Waals surface area contributed by atoms with Gasteiger partial charge < -0.3 is 9.52 Å². The molecule has 0 radical (unpaired) electrons. The highest BCUT2D eigenvalue weighted by molar-refractivity contribution is 5.58. The van der Waals surface area contributed by atoms with Gasteiger partial charge in [-0.15, -0.1) is 0 Å². The Balaban J connectivity index is 2.33. The van der Waals surface area contributed by atoms with Crippen molar-refractivity contribution in [2.45, 2.75) is 26.4 Å². The second-order valence-electron chi connectivity index (χ2n) is 4.09. The van der Waals surface area contributed by atoms with Crippen molar-refractivity contribution < 1.29 is 13.9 Å². The van der Waals surface area contributed by atoms with Crippen LogP contribution in [-0.2, 0) is 0 Å². The van der Waals surface area contributed by atoms with Crippen LogP contribution in [-0.4, -0.2) is 5.11 Å². The first-order valence-electron chi connectivity index (χ1n) is 5.66. The van der Waals surface area contributed by atoms with Gasteiger partial charge in [0.25, 0.3) is 0 Å². The van der Waals surface area contributed by atoms with E-state index in [2.05, 4.69) is 0 Å². The standard InChI is InChI=1S/C14H15FO2/c1-3-12(16)14-7-6-13(17-14)10-4-5-11(15)9(2)8-10/h4-8,12,16H,3H2,1-2H3. The second-order valence-corrected chi connectivity index (χ2v) is 4.09. The Morgan fingerprint density at radius 3 is 2.71 bits per heavy atom. The third kappa shape index (κ3) is 2.39. The Bertz CT molecular complexity index is 517. The predicted octanol–water partition coefficient (Wildman–Crippen LogP) is 3.84. The molecule has 0 aliphatic rings. The maximum absolute atomic E-state index is 13.1. The van der Waals surface area contributed by atoms with Gasteiger partial charge in [0.15, 0.2) is 0 Å². The Kier molecular flexibility index (Phi) is 3.29. The van der Waals surface area contributed by atoms with Crippen molar-refractivity contribution in [1.82, 2.24) is 0 Å². The van der Waals surface area contributed by atoms with Gasteiger partial charge in [0, 0.05) is 5.56 Å². The summed E-state index contributed by atoms with van der Waals surface area (Å²) in [7, 11) is 0. The van der Waals surface area contributed by atoms with E-state index in [1.807, 2.05) is 6.92 Å². The zero-order chi connectivity index (χ0) is 12.4. The fourth-order valence-electron chi connectivity index (χ4n) is 1.69. The van der Waals surface area contributed by atoms with Crippen LogP contribution in [0.15, 0.2) is 34.7 Å². The number of furan rings is 1. The fraction of sp³-hybridized carbons (Fsp3) is 0.286. The van der Waals surface area contributed by atoms with E-state index in [1.165, 1.54) is 6.07 Å². The lowest BCUT2D eigenvalue weighted by molar-refractivity contribution is 0.147. The van der Waals surface area contributed by atoms with Gasteiger partial charge in [-0.3, -0.25) is 0 Å². The number of aliphatic hydroxyl groups excluding tert-OH is 1. The van der Waals surface area contributed by atoms with Gasteiger partial charge in [-0.05, 0) is 49.2 Å². The third-order valence-corrected chi connectivity index (χ3v) is 2.78. The largest absolute Gasteiger partial charge is 0.458 e. The summed E-state index contributed by atoms with van der Waals surface area (Å²) in [5, 5.41) is 9.63. The summed E-state index contributed by atoms with van der Waals surface area (Å²) in [5.74, 6) is 0.967. The van der Waals surface area contributed by atoms with Crippen molar-refractivity contribution in [3.63, 3.8) is 0 Å². The molecule has 1 aromatic heterocycles. The van der Waals surface area contributed by atoms with Crippen molar-refractivity contribution >= 4 is 0 Å². The molecule has 1 N–H and O–H groups in total. The molecule has 0 saturated heterocycles. The molecule has 90 valence electrons. The molecular formula is C14H15FO2. The van der Waals surface area contributed by atoms with Gasteiger partial charge in [0.1, 0.15) is 23.4 Å². The normalized spacial score (nSPS) is 12.7. The number of rotatable bonds is 3. The summed E-state index contributed by atoms with van der Waals surface area (Å²) < 4.78 is 18.7. The minimum Gasteiger partial charge on any atom is -0.458 e. The molecule has 1 atom stereocenters. The summed E-state index contributed by atoms with van der Waals surface area (Å²) in [6.45, 7) is 3.60. The molecular weight excluding hydrogens is 219 g/mol. The summed E-state index contributed by atoms with van der Waals surface area (Å²) >= 11 is 0. The molecule has 2 nitrogen and oxygen atoms in total. The van der Waals surface area contributed by atoms with E-state index in [1.54, 1.807) is 31.2 Å². The predicted molar refractivity (Wildman–Crippen MR) is 64.1 cm³/mol. The van der Waals surface area contributed by atoms with Crippen LogP contribution in [0.4, 0.5) is 4.39 Å². The molecule has 0 bridgehead atoms. The van der Waals surface area contributed by atoms with E-state index >= 15 is 0 Å². The molecule has 0 fully saturated rings. The van der Waals surface area contributed by atoms with Crippen LogP contribution in [0.2, 0.25) is 0 Å². The molecule has 0 aliphatic heterocycles. The van der Waals surface area contributed by atoms with Gasteiger partial charge in [0.05, 0.1) is 0 Å². The fourth-order valence-corrected chi connectivity index (χ4v) is 1.69. The first kappa shape index (κ1) is 11.9. The Morgan fingerprint density at radius 2 is 2.06 bits per heavy atom. The molecule has 1 aromatic carbocycles. The lowest BCUT2D eigenvalue weighted by atomic mass is 10.1. The van der Waals surface area contributed by atoms with Crippen molar-refractivity contribution in [2.75, 3.05) is 0 Å². The monoisotopic (exact) mass is 234 g/mol. The van der Waals surface area contributed by atoms with E-state index in [0.717, 1.165) is 5.56 Å². The molecule has 17 heavy (non-hydrogen) atoms. The quantitative estimate of drug-likeness (QED) is 0.875. The van der Waals surface area contributed by atoms with Gasteiger partial charge in [-0.2, -0.15) is 0 Å². The van der Waals surface area contributed by atoms with Crippen LogP contribution in [0.1, 0.15) is 30.8 Å². The van der Waals surface area contributed by atoms with Crippen LogP contribution in [0.5, 0.6) is 0 Å². The maximum Gasteiger partial charge on any atom is 0.134 e. The lowest BCUT2D eigenvalue weighted by Gasteiger charge is -2.03. The van der Waals surface area contributed by atoms with Gasteiger partial charge in [-0.25, -0.2) is 4.39 Å². The van der Waals surface area contributed by atoms with Crippen molar-refractivity contribution in [2.24, 2.45) is 0 Å². The minimum absolute atomic E-state index is 0.228. The topological polar surface area (TPSA) is 33.4 Å². The number of hydrogen-bond donors (Lipinski definition) is 1. The zero-order valence-corrected chi connectivity index (χ0v) is 9.90. The number of aliphatic hydroxyl groups is 1.